The summed E-state index contributed by atoms with van der Waals surface area (Å²) in [4.78, 5) is 4.36. The average Bonchev–Trinajstić information content (AvgIpc) is 2.55. The Labute approximate surface area is 123 Å². The number of pyridine rings is 1. The molecule has 104 valence electrons. The van der Waals surface area contributed by atoms with E-state index in [1.165, 1.54) is 0 Å². The van der Waals surface area contributed by atoms with Crippen LogP contribution in [0.2, 0.25) is 0 Å². The van der Waals surface area contributed by atoms with Gasteiger partial charge in [0, 0.05) is 11.6 Å². The van der Waals surface area contributed by atoms with Gasteiger partial charge in [-0.2, -0.15) is 5.10 Å². The molecule has 0 unspecified atom stereocenters. The molecule has 0 spiro atoms. The van der Waals surface area contributed by atoms with Gasteiger partial charge >= 0.3 is 0 Å². The highest BCUT2D eigenvalue weighted by atomic mass is 16.5. The molecule has 0 aliphatic carbocycles. The molecule has 1 aromatic heterocycles. The van der Waals surface area contributed by atoms with Gasteiger partial charge in [-0.3, -0.25) is 10.4 Å². The predicted molar refractivity (Wildman–Crippen MR) is 86.0 cm³/mol. The van der Waals surface area contributed by atoms with E-state index in [0.717, 1.165) is 27.9 Å². The van der Waals surface area contributed by atoms with Gasteiger partial charge in [0.15, 0.2) is 0 Å². The molecule has 0 aliphatic heterocycles. The Bertz CT molecular complexity index is 769. The van der Waals surface area contributed by atoms with Crippen molar-refractivity contribution < 1.29 is 4.74 Å². The Hall–Kier alpha value is -2.88. The van der Waals surface area contributed by atoms with Gasteiger partial charge in [-0.05, 0) is 17.7 Å². The van der Waals surface area contributed by atoms with Gasteiger partial charge in [0.05, 0.1) is 19.0 Å². The van der Waals surface area contributed by atoms with Crippen LogP contribution in [0.4, 0.5) is 5.69 Å². The average molecular weight is 277 g/mol. The van der Waals surface area contributed by atoms with E-state index in [1.54, 1.807) is 19.5 Å². The highest BCUT2D eigenvalue weighted by molar-refractivity contribution is 5.95. The summed E-state index contributed by atoms with van der Waals surface area (Å²) >= 11 is 0. The van der Waals surface area contributed by atoms with Gasteiger partial charge in [0.1, 0.15) is 11.3 Å². The third kappa shape index (κ3) is 2.84. The van der Waals surface area contributed by atoms with Crippen LogP contribution < -0.4 is 10.2 Å². The number of hydrogen-bond acceptors (Lipinski definition) is 4. The number of benzene rings is 2. The number of rotatable bonds is 4. The van der Waals surface area contributed by atoms with Crippen LogP contribution in [-0.4, -0.2) is 18.3 Å². The number of fused-ring (bicyclic) bond motifs is 1. The summed E-state index contributed by atoms with van der Waals surface area (Å²) in [7, 11) is 1.64. The van der Waals surface area contributed by atoms with Crippen molar-refractivity contribution in [2.24, 2.45) is 5.10 Å². The fourth-order valence-corrected chi connectivity index (χ4v) is 2.13. The molecule has 0 bridgehead atoms. The molecular formula is C17H15N3O. The van der Waals surface area contributed by atoms with E-state index in [0.29, 0.717) is 0 Å². The second-order valence-electron chi connectivity index (χ2n) is 4.50. The first-order valence-corrected chi connectivity index (χ1v) is 6.64. The van der Waals surface area contributed by atoms with Crippen LogP contribution in [0.15, 0.2) is 65.9 Å². The number of hydrazone groups is 1. The third-order valence-corrected chi connectivity index (χ3v) is 3.15. The molecule has 4 heteroatoms. The summed E-state index contributed by atoms with van der Waals surface area (Å²) in [6.07, 6.45) is 3.53. The molecule has 0 atom stereocenters. The first-order chi connectivity index (χ1) is 10.4. The minimum absolute atomic E-state index is 0.753. The predicted octanol–water partition coefficient (Wildman–Crippen LogP) is 3.69. The number of methoxy groups -OCH3 is 1. The van der Waals surface area contributed by atoms with E-state index in [9.17, 15) is 0 Å². The lowest BCUT2D eigenvalue weighted by Crippen LogP contribution is -1.94. The van der Waals surface area contributed by atoms with Crippen LogP contribution in [0.25, 0.3) is 10.9 Å². The SMILES string of the molecule is COc1cccc2c(N/N=C/c3ccccc3)ccnc12. The Morgan fingerprint density at radius 2 is 1.90 bits per heavy atom. The highest BCUT2D eigenvalue weighted by Crippen LogP contribution is 2.28. The largest absolute Gasteiger partial charge is 0.494 e. The fourth-order valence-electron chi connectivity index (χ4n) is 2.13. The normalized spacial score (nSPS) is 10.9. The fraction of sp³-hybridized carbons (Fsp3) is 0.0588. The van der Waals surface area contributed by atoms with Gasteiger partial charge in [0.25, 0.3) is 0 Å². The molecule has 0 saturated carbocycles. The van der Waals surface area contributed by atoms with Crippen molar-refractivity contribution in [3.05, 3.63) is 66.4 Å². The molecule has 0 saturated heterocycles. The minimum Gasteiger partial charge on any atom is -0.494 e. The number of ether oxygens (including phenoxy) is 1. The van der Waals surface area contributed by atoms with E-state index in [4.69, 9.17) is 4.74 Å². The van der Waals surface area contributed by atoms with Crippen LogP contribution in [0.1, 0.15) is 5.56 Å². The van der Waals surface area contributed by atoms with Crippen LogP contribution in [0.3, 0.4) is 0 Å². The molecule has 3 rings (SSSR count). The van der Waals surface area contributed by atoms with Crippen LogP contribution in [0.5, 0.6) is 5.75 Å². The first-order valence-electron chi connectivity index (χ1n) is 6.64. The second-order valence-corrected chi connectivity index (χ2v) is 4.50. The standard InChI is InChI=1S/C17H15N3O/c1-21-16-9-5-8-14-15(10-11-18-17(14)16)20-19-12-13-6-3-2-4-7-13/h2-12H,1H3,(H,18,20)/b19-12+. The van der Waals surface area contributed by atoms with Crippen molar-refractivity contribution in [1.29, 1.82) is 0 Å². The third-order valence-electron chi connectivity index (χ3n) is 3.15. The van der Waals surface area contributed by atoms with Gasteiger partial charge < -0.3 is 4.74 Å². The molecule has 1 N–H and O–H groups in total. The van der Waals surface area contributed by atoms with Gasteiger partial charge in [-0.1, -0.05) is 42.5 Å². The Morgan fingerprint density at radius 3 is 2.71 bits per heavy atom. The molecule has 0 radical (unpaired) electrons. The van der Waals surface area contributed by atoms with Crippen molar-refractivity contribution >= 4 is 22.8 Å². The number of anilines is 1. The summed E-state index contributed by atoms with van der Waals surface area (Å²) in [5.41, 5.74) is 5.82. The number of aromatic nitrogens is 1. The molecule has 3 aromatic rings. The zero-order chi connectivity index (χ0) is 14.5. The van der Waals surface area contributed by atoms with E-state index < -0.39 is 0 Å². The quantitative estimate of drug-likeness (QED) is 0.584. The molecule has 1 heterocycles. The number of nitrogens with one attached hydrogen (secondary N) is 1. The maximum Gasteiger partial charge on any atom is 0.145 e. The lowest BCUT2D eigenvalue weighted by Gasteiger charge is -2.08. The number of hydrogen-bond donors (Lipinski definition) is 1. The van der Waals surface area contributed by atoms with Crippen molar-refractivity contribution in [2.75, 3.05) is 12.5 Å². The molecular weight excluding hydrogens is 262 g/mol. The number of para-hydroxylation sites is 1. The van der Waals surface area contributed by atoms with Crippen LogP contribution in [-0.2, 0) is 0 Å². The summed E-state index contributed by atoms with van der Waals surface area (Å²) in [5, 5.41) is 5.25. The molecule has 0 fully saturated rings. The van der Waals surface area contributed by atoms with Crippen molar-refractivity contribution in [2.45, 2.75) is 0 Å². The van der Waals surface area contributed by atoms with E-state index in [1.807, 2.05) is 54.6 Å². The van der Waals surface area contributed by atoms with Crippen molar-refractivity contribution in [1.82, 2.24) is 4.98 Å². The Kier molecular flexibility index (Phi) is 3.78. The zero-order valence-corrected chi connectivity index (χ0v) is 11.7. The second kappa shape index (κ2) is 6.05. The van der Waals surface area contributed by atoms with Gasteiger partial charge in [-0.15, -0.1) is 0 Å². The summed E-state index contributed by atoms with van der Waals surface area (Å²) in [6, 6.07) is 17.7. The monoisotopic (exact) mass is 277 g/mol. The van der Waals surface area contributed by atoms with Crippen LogP contribution in [0, 0.1) is 0 Å². The topological polar surface area (TPSA) is 46.5 Å². The minimum atomic E-state index is 0.753. The zero-order valence-electron chi connectivity index (χ0n) is 11.7. The van der Waals surface area contributed by atoms with E-state index in [2.05, 4.69) is 15.5 Å². The maximum absolute atomic E-state index is 5.33. The molecule has 0 amide bonds. The van der Waals surface area contributed by atoms with Gasteiger partial charge in [-0.25, -0.2) is 0 Å². The van der Waals surface area contributed by atoms with Crippen molar-refractivity contribution in [3.63, 3.8) is 0 Å². The first kappa shape index (κ1) is 13.1. The highest BCUT2D eigenvalue weighted by Gasteiger charge is 2.05. The van der Waals surface area contributed by atoms with Gasteiger partial charge in [0.2, 0.25) is 0 Å². The number of nitrogens with zero attached hydrogens (tertiary/aromatic N) is 2. The lowest BCUT2D eigenvalue weighted by molar-refractivity contribution is 0.419. The smallest absolute Gasteiger partial charge is 0.145 e. The molecule has 4 nitrogen and oxygen atoms in total. The molecule has 0 aliphatic rings. The summed E-state index contributed by atoms with van der Waals surface area (Å²) in [6.45, 7) is 0. The Morgan fingerprint density at radius 1 is 1.05 bits per heavy atom. The Balaban J connectivity index is 1.89. The van der Waals surface area contributed by atoms with Crippen molar-refractivity contribution in [3.8, 4) is 5.75 Å². The van der Waals surface area contributed by atoms with E-state index in [-0.39, 0.29) is 0 Å². The lowest BCUT2D eigenvalue weighted by atomic mass is 10.2. The van der Waals surface area contributed by atoms with Crippen LogP contribution >= 0.6 is 0 Å². The summed E-state index contributed by atoms with van der Waals surface area (Å²) < 4.78 is 5.33. The summed E-state index contributed by atoms with van der Waals surface area (Å²) in [5.74, 6) is 0.753. The molecule has 2 aromatic carbocycles. The van der Waals surface area contributed by atoms with E-state index >= 15 is 0 Å². The maximum atomic E-state index is 5.33. The molecule has 21 heavy (non-hydrogen) atoms.